The quantitative estimate of drug-likeness (QED) is 0.792. The molecule has 1 aliphatic rings. The molecule has 1 heterocycles. The topological polar surface area (TPSA) is 60.2 Å². The Balaban J connectivity index is 1.40. The van der Waals surface area contributed by atoms with E-state index in [0.717, 1.165) is 12.8 Å². The molecule has 1 fully saturated rings. The van der Waals surface area contributed by atoms with E-state index in [9.17, 15) is 0 Å². The second-order valence-corrected chi connectivity index (χ2v) is 5.83. The molecule has 1 aromatic heterocycles. The van der Waals surface area contributed by atoms with E-state index >= 15 is 0 Å². The van der Waals surface area contributed by atoms with E-state index in [1.807, 2.05) is 30.3 Å². The van der Waals surface area contributed by atoms with E-state index in [2.05, 4.69) is 22.4 Å². The van der Waals surface area contributed by atoms with Crippen LogP contribution in [0.5, 0.6) is 0 Å². The van der Waals surface area contributed by atoms with Gasteiger partial charge in [-0.25, -0.2) is 0 Å². The van der Waals surface area contributed by atoms with Crippen molar-refractivity contribution in [2.45, 2.75) is 44.8 Å². The van der Waals surface area contributed by atoms with Crippen molar-refractivity contribution in [1.82, 2.24) is 10.2 Å². The van der Waals surface area contributed by atoms with Gasteiger partial charge < -0.3 is 14.5 Å². The van der Waals surface area contributed by atoms with Crippen molar-refractivity contribution in [3.63, 3.8) is 0 Å². The molecule has 3 rings (SSSR count). The van der Waals surface area contributed by atoms with Crippen LogP contribution >= 0.6 is 0 Å². The van der Waals surface area contributed by atoms with E-state index in [-0.39, 0.29) is 5.54 Å². The SMILES string of the molecule is CC1(Nc2nnc(CCOCc3ccccc3)o2)CCC1. The number of rotatable bonds is 7. The summed E-state index contributed by atoms with van der Waals surface area (Å²) in [5.41, 5.74) is 1.30. The van der Waals surface area contributed by atoms with Gasteiger partial charge in [0, 0.05) is 12.0 Å². The first-order valence-electron chi connectivity index (χ1n) is 7.46. The maximum atomic E-state index is 5.62. The van der Waals surface area contributed by atoms with E-state index in [4.69, 9.17) is 9.15 Å². The number of hydrogen-bond donors (Lipinski definition) is 1. The summed E-state index contributed by atoms with van der Waals surface area (Å²) in [5, 5.41) is 11.4. The number of hydrogen-bond acceptors (Lipinski definition) is 5. The summed E-state index contributed by atoms with van der Waals surface area (Å²) in [6.07, 6.45) is 4.21. The minimum atomic E-state index is 0.133. The summed E-state index contributed by atoms with van der Waals surface area (Å²) in [6.45, 7) is 3.37. The third-order valence-electron chi connectivity index (χ3n) is 3.90. The third-order valence-corrected chi connectivity index (χ3v) is 3.90. The Kier molecular flexibility index (Phi) is 4.20. The molecule has 0 radical (unpaired) electrons. The molecule has 5 nitrogen and oxygen atoms in total. The molecule has 0 amide bonds. The molecule has 0 aliphatic heterocycles. The molecule has 1 N–H and O–H groups in total. The zero-order valence-electron chi connectivity index (χ0n) is 12.3. The number of nitrogens with one attached hydrogen (secondary N) is 1. The van der Waals surface area contributed by atoms with Crippen molar-refractivity contribution in [2.24, 2.45) is 0 Å². The molecule has 5 heteroatoms. The zero-order valence-corrected chi connectivity index (χ0v) is 12.3. The van der Waals surface area contributed by atoms with Gasteiger partial charge in [-0.3, -0.25) is 0 Å². The van der Waals surface area contributed by atoms with Crippen molar-refractivity contribution in [3.8, 4) is 0 Å². The highest BCUT2D eigenvalue weighted by Crippen LogP contribution is 2.34. The van der Waals surface area contributed by atoms with Crippen LogP contribution in [0.1, 0.15) is 37.6 Å². The van der Waals surface area contributed by atoms with E-state index in [0.29, 0.717) is 31.5 Å². The fraction of sp³-hybridized carbons (Fsp3) is 0.500. The Hall–Kier alpha value is -1.88. The average Bonchev–Trinajstić information content (AvgIpc) is 2.90. The van der Waals surface area contributed by atoms with E-state index in [1.54, 1.807) is 0 Å². The first kappa shape index (κ1) is 14.1. The summed E-state index contributed by atoms with van der Waals surface area (Å²) < 4.78 is 11.2. The van der Waals surface area contributed by atoms with Gasteiger partial charge in [-0.2, -0.15) is 0 Å². The minimum absolute atomic E-state index is 0.133. The van der Waals surface area contributed by atoms with Gasteiger partial charge >= 0.3 is 6.01 Å². The van der Waals surface area contributed by atoms with E-state index in [1.165, 1.54) is 12.0 Å². The normalized spacial score (nSPS) is 16.4. The number of nitrogens with zero attached hydrogens (tertiary/aromatic N) is 2. The summed E-state index contributed by atoms with van der Waals surface area (Å²) >= 11 is 0. The highest BCUT2D eigenvalue weighted by molar-refractivity contribution is 5.25. The Labute approximate surface area is 124 Å². The Morgan fingerprint density at radius 2 is 2.05 bits per heavy atom. The lowest BCUT2D eigenvalue weighted by Gasteiger charge is -2.38. The first-order valence-corrected chi connectivity index (χ1v) is 7.46. The van der Waals surface area contributed by atoms with Crippen LogP contribution in [-0.4, -0.2) is 22.3 Å². The first-order chi connectivity index (χ1) is 10.2. The monoisotopic (exact) mass is 287 g/mol. The highest BCUT2D eigenvalue weighted by atomic mass is 16.5. The lowest BCUT2D eigenvalue weighted by molar-refractivity contribution is 0.119. The fourth-order valence-corrected chi connectivity index (χ4v) is 2.42. The number of aromatic nitrogens is 2. The predicted molar refractivity (Wildman–Crippen MR) is 80.0 cm³/mol. The standard InChI is InChI=1S/C16H21N3O2/c1-16(9-5-10-16)17-15-19-18-14(21-15)8-11-20-12-13-6-3-2-4-7-13/h2-4,6-7H,5,8-12H2,1H3,(H,17,19). The van der Waals surface area contributed by atoms with Crippen LogP contribution in [0.3, 0.4) is 0 Å². The summed E-state index contributed by atoms with van der Waals surface area (Å²) in [6, 6.07) is 10.6. The van der Waals surface area contributed by atoms with Crippen LogP contribution in [0.15, 0.2) is 34.7 Å². The number of anilines is 1. The van der Waals surface area contributed by atoms with Crippen LogP contribution < -0.4 is 5.32 Å². The van der Waals surface area contributed by atoms with Gasteiger partial charge in [0.2, 0.25) is 5.89 Å². The average molecular weight is 287 g/mol. The largest absolute Gasteiger partial charge is 0.408 e. The van der Waals surface area contributed by atoms with E-state index < -0.39 is 0 Å². The van der Waals surface area contributed by atoms with Crippen molar-refractivity contribution < 1.29 is 9.15 Å². The molecule has 1 aromatic carbocycles. The molecule has 0 saturated heterocycles. The number of benzene rings is 1. The van der Waals surface area contributed by atoms with Gasteiger partial charge in [0.25, 0.3) is 0 Å². The number of ether oxygens (including phenoxy) is 1. The lowest BCUT2D eigenvalue weighted by atomic mass is 9.79. The predicted octanol–water partition coefficient (Wildman–Crippen LogP) is 3.18. The Bertz CT molecular complexity index is 564. The van der Waals surface area contributed by atoms with Gasteiger partial charge in [-0.05, 0) is 31.7 Å². The minimum Gasteiger partial charge on any atom is -0.408 e. The molecule has 1 aliphatic carbocycles. The molecule has 0 bridgehead atoms. The summed E-state index contributed by atoms with van der Waals surface area (Å²) in [4.78, 5) is 0. The van der Waals surface area contributed by atoms with Gasteiger partial charge in [-0.1, -0.05) is 35.4 Å². The van der Waals surface area contributed by atoms with Gasteiger partial charge in [0.1, 0.15) is 0 Å². The zero-order chi connectivity index (χ0) is 14.5. The second kappa shape index (κ2) is 6.26. The summed E-state index contributed by atoms with van der Waals surface area (Å²) in [7, 11) is 0. The molecular weight excluding hydrogens is 266 g/mol. The van der Waals surface area contributed by atoms with Gasteiger partial charge in [0.05, 0.1) is 13.2 Å². The van der Waals surface area contributed by atoms with Crippen LogP contribution in [0.25, 0.3) is 0 Å². The molecule has 112 valence electrons. The van der Waals surface area contributed by atoms with Crippen LogP contribution in [0.4, 0.5) is 6.01 Å². The molecule has 0 atom stereocenters. The van der Waals surface area contributed by atoms with Crippen LogP contribution in [-0.2, 0) is 17.8 Å². The second-order valence-electron chi connectivity index (χ2n) is 5.83. The molecular formula is C16H21N3O2. The molecule has 1 saturated carbocycles. The molecule has 0 spiro atoms. The van der Waals surface area contributed by atoms with Crippen molar-refractivity contribution in [1.29, 1.82) is 0 Å². The third kappa shape index (κ3) is 3.82. The smallest absolute Gasteiger partial charge is 0.315 e. The molecule has 21 heavy (non-hydrogen) atoms. The van der Waals surface area contributed by atoms with Crippen molar-refractivity contribution in [3.05, 3.63) is 41.8 Å². The highest BCUT2D eigenvalue weighted by Gasteiger charge is 2.32. The van der Waals surface area contributed by atoms with Crippen molar-refractivity contribution in [2.75, 3.05) is 11.9 Å². The maximum absolute atomic E-state index is 5.62. The van der Waals surface area contributed by atoms with Gasteiger partial charge in [-0.15, -0.1) is 5.10 Å². The maximum Gasteiger partial charge on any atom is 0.315 e. The molecule has 0 unspecified atom stereocenters. The van der Waals surface area contributed by atoms with Gasteiger partial charge in [0.15, 0.2) is 0 Å². The fourth-order valence-electron chi connectivity index (χ4n) is 2.42. The lowest BCUT2D eigenvalue weighted by Crippen LogP contribution is -2.41. The summed E-state index contributed by atoms with van der Waals surface area (Å²) in [5.74, 6) is 0.619. The van der Waals surface area contributed by atoms with Crippen molar-refractivity contribution >= 4 is 6.01 Å². The molecule has 2 aromatic rings. The Morgan fingerprint density at radius 3 is 2.76 bits per heavy atom. The van der Waals surface area contributed by atoms with Crippen LogP contribution in [0, 0.1) is 0 Å². The van der Waals surface area contributed by atoms with Crippen LogP contribution in [0.2, 0.25) is 0 Å². The Morgan fingerprint density at radius 1 is 1.24 bits per heavy atom.